The summed E-state index contributed by atoms with van der Waals surface area (Å²) in [6, 6.07) is 13.6. The zero-order chi connectivity index (χ0) is 20.1. The monoisotopic (exact) mass is 394 g/mol. The number of piperidine rings is 1. The molecule has 1 atom stereocenters. The zero-order valence-electron chi connectivity index (χ0n) is 16.7. The molecule has 1 saturated heterocycles. The maximum atomic E-state index is 9.03. The number of nitriles is 1. The van der Waals surface area contributed by atoms with Crippen LogP contribution in [0.2, 0.25) is 0 Å². The number of likely N-dealkylation sites (tertiary alicyclic amines) is 1. The first kappa shape index (κ1) is 19.4. The average molecular weight is 394 g/mol. The first-order valence-electron chi connectivity index (χ1n) is 10.1. The van der Waals surface area contributed by atoms with Gasteiger partial charge in [0, 0.05) is 25.1 Å². The first-order chi connectivity index (χ1) is 14.2. The van der Waals surface area contributed by atoms with Gasteiger partial charge in [-0.3, -0.25) is 4.90 Å². The summed E-state index contributed by atoms with van der Waals surface area (Å²) in [4.78, 5) is 2.47. The van der Waals surface area contributed by atoms with Crippen molar-refractivity contribution >= 4 is 0 Å². The van der Waals surface area contributed by atoms with E-state index in [-0.39, 0.29) is 0 Å². The Hall–Kier alpha value is -2.91. The van der Waals surface area contributed by atoms with Crippen LogP contribution < -0.4 is 18.9 Å². The van der Waals surface area contributed by atoms with E-state index in [1.165, 1.54) is 5.56 Å². The molecule has 4 rings (SSSR count). The number of methoxy groups -OCH3 is 1. The van der Waals surface area contributed by atoms with E-state index in [2.05, 4.69) is 23.1 Å². The third-order valence-electron chi connectivity index (χ3n) is 5.38. The van der Waals surface area contributed by atoms with E-state index in [0.717, 1.165) is 44.0 Å². The molecule has 0 N–H and O–H groups in total. The number of hydrogen-bond donors (Lipinski definition) is 0. The van der Waals surface area contributed by atoms with Crippen molar-refractivity contribution in [2.75, 3.05) is 40.0 Å². The van der Waals surface area contributed by atoms with Crippen LogP contribution in [0.4, 0.5) is 0 Å². The standard InChI is InChI=1S/C23H26N2O4/c1-26-22-11-17(13-24)4-6-20(22)29-16-19-3-2-8-25(15-19)14-18-5-7-21-23(12-18)28-10-9-27-21/h4-7,11-12,19H,2-3,8-10,14-16H2,1H3. The zero-order valence-corrected chi connectivity index (χ0v) is 16.7. The Kier molecular flexibility index (Phi) is 6.06. The van der Waals surface area contributed by atoms with Gasteiger partial charge in [0.15, 0.2) is 23.0 Å². The van der Waals surface area contributed by atoms with Gasteiger partial charge in [0.2, 0.25) is 0 Å². The topological polar surface area (TPSA) is 64.0 Å². The largest absolute Gasteiger partial charge is 0.493 e. The van der Waals surface area contributed by atoms with Crippen LogP contribution in [-0.4, -0.2) is 44.9 Å². The first-order valence-corrected chi connectivity index (χ1v) is 10.1. The highest BCUT2D eigenvalue weighted by atomic mass is 16.6. The Morgan fingerprint density at radius 3 is 2.79 bits per heavy atom. The Morgan fingerprint density at radius 2 is 1.97 bits per heavy atom. The van der Waals surface area contributed by atoms with Crippen LogP contribution in [-0.2, 0) is 6.54 Å². The number of fused-ring (bicyclic) bond motifs is 1. The molecule has 1 unspecified atom stereocenters. The number of hydrogen-bond acceptors (Lipinski definition) is 6. The summed E-state index contributed by atoms with van der Waals surface area (Å²) in [5, 5.41) is 9.03. The second-order valence-corrected chi connectivity index (χ2v) is 7.51. The van der Waals surface area contributed by atoms with Gasteiger partial charge in [0.05, 0.1) is 25.3 Å². The Balaban J connectivity index is 1.34. The van der Waals surface area contributed by atoms with Crippen molar-refractivity contribution in [1.82, 2.24) is 4.90 Å². The fourth-order valence-corrected chi connectivity index (χ4v) is 3.94. The Labute approximate surface area is 171 Å². The van der Waals surface area contributed by atoms with E-state index in [1.54, 1.807) is 19.2 Å². The molecule has 0 spiro atoms. The van der Waals surface area contributed by atoms with Gasteiger partial charge in [-0.2, -0.15) is 5.26 Å². The van der Waals surface area contributed by atoms with Gasteiger partial charge in [0.1, 0.15) is 13.2 Å². The van der Waals surface area contributed by atoms with Crippen LogP contribution in [0.25, 0.3) is 0 Å². The summed E-state index contributed by atoms with van der Waals surface area (Å²) in [5.74, 6) is 3.43. The van der Waals surface area contributed by atoms with E-state index in [4.69, 9.17) is 24.2 Å². The summed E-state index contributed by atoms with van der Waals surface area (Å²) in [5.41, 5.74) is 1.81. The molecule has 2 heterocycles. The van der Waals surface area contributed by atoms with Crippen molar-refractivity contribution in [2.45, 2.75) is 19.4 Å². The molecule has 29 heavy (non-hydrogen) atoms. The quantitative estimate of drug-likeness (QED) is 0.746. The van der Waals surface area contributed by atoms with Crippen molar-refractivity contribution in [1.29, 1.82) is 5.26 Å². The molecule has 0 radical (unpaired) electrons. The molecule has 2 aromatic rings. The Morgan fingerprint density at radius 1 is 1.10 bits per heavy atom. The molecule has 6 nitrogen and oxygen atoms in total. The molecule has 6 heteroatoms. The molecule has 2 aliphatic heterocycles. The minimum absolute atomic E-state index is 0.460. The van der Waals surface area contributed by atoms with Crippen molar-refractivity contribution in [2.24, 2.45) is 5.92 Å². The van der Waals surface area contributed by atoms with E-state index < -0.39 is 0 Å². The normalized spacial score (nSPS) is 18.7. The molecule has 0 saturated carbocycles. The van der Waals surface area contributed by atoms with E-state index in [0.29, 0.717) is 42.8 Å². The van der Waals surface area contributed by atoms with Crippen LogP contribution in [0.1, 0.15) is 24.0 Å². The lowest BCUT2D eigenvalue weighted by Crippen LogP contribution is -2.37. The molecular formula is C23H26N2O4. The van der Waals surface area contributed by atoms with Crippen LogP contribution in [0, 0.1) is 17.2 Å². The lowest BCUT2D eigenvalue weighted by atomic mass is 9.98. The van der Waals surface area contributed by atoms with Gasteiger partial charge >= 0.3 is 0 Å². The molecule has 1 fully saturated rings. The van der Waals surface area contributed by atoms with Crippen molar-refractivity contribution in [3.05, 3.63) is 47.5 Å². The smallest absolute Gasteiger partial charge is 0.162 e. The summed E-state index contributed by atoms with van der Waals surface area (Å²) >= 11 is 0. The summed E-state index contributed by atoms with van der Waals surface area (Å²) in [6.07, 6.45) is 2.30. The SMILES string of the molecule is COc1cc(C#N)ccc1OCC1CCCN(Cc2ccc3c(c2)OCCO3)C1. The van der Waals surface area contributed by atoms with Crippen LogP contribution in [0.5, 0.6) is 23.0 Å². The van der Waals surface area contributed by atoms with Gasteiger partial charge in [0.25, 0.3) is 0 Å². The maximum Gasteiger partial charge on any atom is 0.162 e. The highest BCUT2D eigenvalue weighted by Gasteiger charge is 2.22. The van der Waals surface area contributed by atoms with Crippen LogP contribution in [0.3, 0.4) is 0 Å². The van der Waals surface area contributed by atoms with Crippen molar-refractivity contribution in [3.63, 3.8) is 0 Å². The summed E-state index contributed by atoms with van der Waals surface area (Å²) < 4.78 is 22.7. The molecule has 0 bridgehead atoms. The minimum Gasteiger partial charge on any atom is -0.493 e. The second-order valence-electron chi connectivity index (χ2n) is 7.51. The van der Waals surface area contributed by atoms with Gasteiger partial charge in [-0.1, -0.05) is 6.07 Å². The second kappa shape index (κ2) is 9.06. The minimum atomic E-state index is 0.460. The van der Waals surface area contributed by atoms with Crippen molar-refractivity contribution in [3.8, 4) is 29.1 Å². The third-order valence-corrected chi connectivity index (χ3v) is 5.38. The predicted molar refractivity (Wildman–Crippen MR) is 109 cm³/mol. The molecule has 2 aromatic carbocycles. The molecular weight excluding hydrogens is 368 g/mol. The summed E-state index contributed by atoms with van der Waals surface area (Å²) in [6.45, 7) is 4.84. The lowest BCUT2D eigenvalue weighted by molar-refractivity contribution is 0.123. The highest BCUT2D eigenvalue weighted by Crippen LogP contribution is 2.32. The number of benzene rings is 2. The molecule has 0 aromatic heterocycles. The number of rotatable bonds is 6. The lowest BCUT2D eigenvalue weighted by Gasteiger charge is -2.33. The van der Waals surface area contributed by atoms with Crippen LogP contribution in [0.15, 0.2) is 36.4 Å². The fourth-order valence-electron chi connectivity index (χ4n) is 3.94. The fraction of sp³-hybridized carbons (Fsp3) is 0.435. The van der Waals surface area contributed by atoms with Gasteiger partial charge in [-0.15, -0.1) is 0 Å². The maximum absolute atomic E-state index is 9.03. The molecule has 152 valence electrons. The average Bonchev–Trinajstić information content (AvgIpc) is 2.77. The molecule has 2 aliphatic rings. The molecule has 0 amide bonds. The van der Waals surface area contributed by atoms with Gasteiger partial charge in [-0.25, -0.2) is 0 Å². The number of ether oxygens (including phenoxy) is 4. The van der Waals surface area contributed by atoms with Gasteiger partial charge < -0.3 is 18.9 Å². The summed E-state index contributed by atoms with van der Waals surface area (Å²) in [7, 11) is 1.60. The van der Waals surface area contributed by atoms with E-state index in [9.17, 15) is 0 Å². The molecule has 0 aliphatic carbocycles. The third kappa shape index (κ3) is 4.75. The highest BCUT2D eigenvalue weighted by molar-refractivity contribution is 5.46. The van der Waals surface area contributed by atoms with E-state index >= 15 is 0 Å². The van der Waals surface area contributed by atoms with Crippen molar-refractivity contribution < 1.29 is 18.9 Å². The number of nitrogens with zero attached hydrogens (tertiary/aromatic N) is 2. The predicted octanol–water partition coefficient (Wildman–Crippen LogP) is 3.63. The van der Waals surface area contributed by atoms with Gasteiger partial charge in [-0.05, 0) is 49.2 Å². The van der Waals surface area contributed by atoms with Crippen LogP contribution >= 0.6 is 0 Å². The van der Waals surface area contributed by atoms with E-state index in [1.807, 2.05) is 12.1 Å². The Bertz CT molecular complexity index is 893.